The Morgan fingerprint density at radius 2 is 1.44 bits per heavy atom. The van der Waals surface area contributed by atoms with Gasteiger partial charge in [-0.3, -0.25) is 4.90 Å². The number of piperazine rings is 2. The Morgan fingerprint density at radius 3 is 2.18 bits per heavy atom. The highest BCUT2D eigenvalue weighted by Gasteiger charge is 2.17. The highest BCUT2D eigenvalue weighted by molar-refractivity contribution is 5.06. The van der Waals surface area contributed by atoms with Crippen LogP contribution in [0.3, 0.4) is 0 Å². The Hall–Kier alpha value is -1.78. The number of hydrogen-bond donors (Lipinski definition) is 0. The molecule has 0 bridgehead atoms. The van der Waals surface area contributed by atoms with Gasteiger partial charge in [0.15, 0.2) is 0 Å². The number of hydrogen-bond acceptors (Lipinski definition) is 9. The summed E-state index contributed by atoms with van der Waals surface area (Å²) < 4.78 is 16.4. The molecule has 4 heterocycles. The zero-order valence-electron chi connectivity index (χ0n) is 21.1. The van der Waals surface area contributed by atoms with Crippen molar-refractivity contribution in [1.82, 2.24) is 29.9 Å². The molecule has 2 fully saturated rings. The first-order valence-corrected chi connectivity index (χ1v) is 12.9. The van der Waals surface area contributed by atoms with Crippen LogP contribution in [0.15, 0.2) is 21.2 Å². The van der Waals surface area contributed by atoms with Crippen LogP contribution in [0.2, 0.25) is 0 Å². The zero-order valence-corrected chi connectivity index (χ0v) is 21.1. The van der Waals surface area contributed by atoms with Gasteiger partial charge in [0.05, 0.1) is 18.9 Å². The minimum Gasteiger partial charge on any atom is -0.374 e. The Labute approximate surface area is 203 Å². The third kappa shape index (κ3) is 8.46. The summed E-state index contributed by atoms with van der Waals surface area (Å²) in [6, 6.07) is 4.09. The van der Waals surface area contributed by atoms with Crippen LogP contribution in [0.25, 0.3) is 0 Å². The SMILES string of the molecule is Cc1cc(COCCN2CCN(CCc3cc(CCCCN4CCN(C)CC4)no3)CC2)no1. The number of unbranched alkanes of at least 4 members (excludes halogenated alkanes) is 1. The van der Waals surface area contributed by atoms with Gasteiger partial charge in [-0.05, 0) is 39.8 Å². The average Bonchev–Trinajstić information content (AvgIpc) is 3.48. The molecule has 0 spiro atoms. The Kier molecular flexibility index (Phi) is 9.94. The van der Waals surface area contributed by atoms with Crippen LogP contribution >= 0.6 is 0 Å². The van der Waals surface area contributed by atoms with E-state index in [1.165, 1.54) is 45.6 Å². The van der Waals surface area contributed by atoms with Crippen molar-refractivity contribution in [2.24, 2.45) is 0 Å². The highest BCUT2D eigenvalue weighted by atomic mass is 16.5. The molecule has 0 radical (unpaired) electrons. The molecular formula is C25H42N6O3. The molecule has 9 nitrogen and oxygen atoms in total. The number of likely N-dealkylation sites (N-methyl/N-ethyl adjacent to an activating group) is 1. The summed E-state index contributed by atoms with van der Waals surface area (Å²) in [5.41, 5.74) is 1.97. The Bertz CT molecular complexity index is 824. The van der Waals surface area contributed by atoms with Crippen LogP contribution in [-0.2, 0) is 24.2 Å². The molecule has 2 aliphatic heterocycles. The monoisotopic (exact) mass is 474 g/mol. The molecule has 0 aromatic carbocycles. The standard InChI is InChI=1S/C25H42N6O3/c1-22-19-24(27-33-22)21-32-18-17-31-15-13-30(14-16-31)8-6-25-20-23(26-34-25)5-3-4-7-29-11-9-28(2)10-12-29/h19-20H,3-18,21H2,1-2H3. The van der Waals surface area contributed by atoms with Crippen molar-refractivity contribution in [2.75, 3.05) is 85.6 Å². The minimum absolute atomic E-state index is 0.521. The van der Waals surface area contributed by atoms with Gasteiger partial charge in [-0.2, -0.15) is 0 Å². The van der Waals surface area contributed by atoms with E-state index < -0.39 is 0 Å². The van der Waals surface area contributed by atoms with Crippen LogP contribution in [0.4, 0.5) is 0 Å². The lowest BCUT2D eigenvalue weighted by Crippen LogP contribution is -2.47. The van der Waals surface area contributed by atoms with Gasteiger partial charge in [-0.15, -0.1) is 0 Å². The highest BCUT2D eigenvalue weighted by Crippen LogP contribution is 2.11. The summed E-state index contributed by atoms with van der Waals surface area (Å²) in [4.78, 5) is 9.99. The smallest absolute Gasteiger partial charge is 0.138 e. The summed E-state index contributed by atoms with van der Waals surface area (Å²) in [6.45, 7) is 15.5. The van der Waals surface area contributed by atoms with E-state index in [0.717, 1.165) is 81.6 Å². The number of nitrogens with zero attached hydrogens (tertiary/aromatic N) is 6. The van der Waals surface area contributed by atoms with Gasteiger partial charge in [-0.25, -0.2) is 0 Å². The second kappa shape index (κ2) is 13.3. The molecule has 9 heteroatoms. The molecule has 34 heavy (non-hydrogen) atoms. The van der Waals surface area contributed by atoms with Gasteiger partial charge < -0.3 is 28.5 Å². The molecular weight excluding hydrogens is 432 g/mol. The number of aryl methyl sites for hydroxylation is 2. The zero-order chi connectivity index (χ0) is 23.6. The summed E-state index contributed by atoms with van der Waals surface area (Å²) in [6.07, 6.45) is 4.38. The minimum atomic E-state index is 0.521. The maximum absolute atomic E-state index is 5.74. The number of ether oxygens (including phenoxy) is 1. The lowest BCUT2D eigenvalue weighted by Gasteiger charge is -2.34. The predicted molar refractivity (Wildman–Crippen MR) is 131 cm³/mol. The molecule has 4 rings (SSSR count). The van der Waals surface area contributed by atoms with Crippen LogP contribution in [-0.4, -0.2) is 116 Å². The van der Waals surface area contributed by atoms with Crippen LogP contribution in [0.1, 0.15) is 35.7 Å². The fourth-order valence-corrected chi connectivity index (χ4v) is 4.67. The van der Waals surface area contributed by atoms with Gasteiger partial charge >= 0.3 is 0 Å². The van der Waals surface area contributed by atoms with E-state index in [0.29, 0.717) is 6.61 Å². The van der Waals surface area contributed by atoms with Gasteiger partial charge in [-0.1, -0.05) is 10.3 Å². The first kappa shape index (κ1) is 25.3. The van der Waals surface area contributed by atoms with Crippen LogP contribution in [0.5, 0.6) is 0 Å². The molecule has 0 atom stereocenters. The third-order valence-corrected chi connectivity index (χ3v) is 6.98. The van der Waals surface area contributed by atoms with Crippen molar-refractivity contribution >= 4 is 0 Å². The molecule has 0 N–H and O–H groups in total. The summed E-state index contributed by atoms with van der Waals surface area (Å²) >= 11 is 0. The van der Waals surface area contributed by atoms with E-state index >= 15 is 0 Å². The largest absolute Gasteiger partial charge is 0.374 e. The number of rotatable bonds is 13. The van der Waals surface area contributed by atoms with Gasteiger partial charge in [0.25, 0.3) is 0 Å². The van der Waals surface area contributed by atoms with E-state index in [9.17, 15) is 0 Å². The van der Waals surface area contributed by atoms with Crippen molar-refractivity contribution in [2.45, 2.75) is 39.2 Å². The molecule has 2 aliphatic rings. The van der Waals surface area contributed by atoms with E-state index in [4.69, 9.17) is 13.8 Å². The fraction of sp³-hybridized carbons (Fsp3) is 0.760. The normalized spacial score (nSPS) is 19.2. The van der Waals surface area contributed by atoms with Crippen molar-refractivity contribution in [1.29, 1.82) is 0 Å². The summed E-state index contributed by atoms with van der Waals surface area (Å²) in [7, 11) is 2.21. The Balaban J connectivity index is 1.02. The lowest BCUT2D eigenvalue weighted by atomic mass is 10.1. The average molecular weight is 475 g/mol. The van der Waals surface area contributed by atoms with E-state index in [2.05, 4.69) is 43.0 Å². The molecule has 2 aromatic rings. The quantitative estimate of drug-likeness (QED) is 0.405. The topological polar surface area (TPSA) is 74.2 Å². The van der Waals surface area contributed by atoms with Crippen molar-refractivity contribution in [3.05, 3.63) is 35.0 Å². The molecule has 0 saturated carbocycles. The van der Waals surface area contributed by atoms with Gasteiger partial charge in [0, 0.05) is 84.0 Å². The molecule has 0 unspecified atom stereocenters. The first-order valence-electron chi connectivity index (χ1n) is 12.9. The number of aromatic nitrogens is 2. The summed E-state index contributed by atoms with van der Waals surface area (Å²) in [5, 5.41) is 8.26. The van der Waals surface area contributed by atoms with E-state index in [-0.39, 0.29) is 0 Å². The lowest BCUT2D eigenvalue weighted by molar-refractivity contribution is 0.0661. The molecule has 0 aliphatic carbocycles. The Morgan fingerprint density at radius 1 is 0.765 bits per heavy atom. The van der Waals surface area contributed by atoms with E-state index in [1.807, 2.05) is 13.0 Å². The second-order valence-electron chi connectivity index (χ2n) is 9.80. The fourth-order valence-electron chi connectivity index (χ4n) is 4.67. The molecule has 2 aromatic heterocycles. The second-order valence-corrected chi connectivity index (χ2v) is 9.80. The molecule has 0 amide bonds. The van der Waals surface area contributed by atoms with Gasteiger partial charge in [0.1, 0.15) is 17.2 Å². The maximum Gasteiger partial charge on any atom is 0.138 e. The van der Waals surface area contributed by atoms with Crippen LogP contribution in [0, 0.1) is 6.92 Å². The first-order chi connectivity index (χ1) is 16.6. The van der Waals surface area contributed by atoms with Crippen molar-refractivity contribution in [3.8, 4) is 0 Å². The van der Waals surface area contributed by atoms with Crippen LogP contribution < -0.4 is 0 Å². The molecule has 2 saturated heterocycles. The maximum atomic E-state index is 5.74. The molecule has 190 valence electrons. The third-order valence-electron chi connectivity index (χ3n) is 6.98. The van der Waals surface area contributed by atoms with Gasteiger partial charge in [0.2, 0.25) is 0 Å². The van der Waals surface area contributed by atoms with Crippen molar-refractivity contribution in [3.63, 3.8) is 0 Å². The van der Waals surface area contributed by atoms with Crippen molar-refractivity contribution < 1.29 is 13.8 Å². The predicted octanol–water partition coefficient (Wildman–Crippen LogP) is 1.92. The summed E-state index contributed by atoms with van der Waals surface area (Å²) in [5.74, 6) is 1.85. The van der Waals surface area contributed by atoms with E-state index in [1.54, 1.807) is 0 Å².